The molecule has 0 saturated heterocycles. The van der Waals surface area contributed by atoms with Crippen molar-refractivity contribution in [3.8, 4) is 50.8 Å². The summed E-state index contributed by atoms with van der Waals surface area (Å²) >= 11 is 0. The van der Waals surface area contributed by atoms with Gasteiger partial charge in [-0.25, -0.2) is 0 Å². The summed E-state index contributed by atoms with van der Waals surface area (Å²) in [6, 6.07) is 65.2. The molecule has 4 heteroatoms. The third-order valence-electron chi connectivity index (χ3n) is 12.2. The maximum Gasteiger partial charge on any atom is 0.142 e. The van der Waals surface area contributed by atoms with E-state index in [0.29, 0.717) is 5.56 Å². The number of hydrogen-bond acceptors (Lipinski definition) is 2. The van der Waals surface area contributed by atoms with Crippen molar-refractivity contribution in [1.29, 1.82) is 5.26 Å². The van der Waals surface area contributed by atoms with Gasteiger partial charge < -0.3 is 13.6 Å². The van der Waals surface area contributed by atoms with E-state index < -0.39 is 0 Å². The van der Waals surface area contributed by atoms with Crippen molar-refractivity contribution < 1.29 is 4.42 Å². The Kier molecular flexibility index (Phi) is 7.39. The third kappa shape index (κ3) is 5.08. The number of aryl methyl sites for hydroxylation is 1. The van der Waals surface area contributed by atoms with Crippen LogP contribution in [-0.2, 0) is 6.42 Å². The molecule has 0 aliphatic heterocycles. The van der Waals surface area contributed by atoms with Crippen LogP contribution in [0.15, 0.2) is 186 Å². The first-order valence-electron chi connectivity index (χ1n) is 20.2. The van der Waals surface area contributed by atoms with E-state index in [-0.39, 0.29) is 0 Å². The third-order valence-corrected chi connectivity index (χ3v) is 12.2. The molecule has 3 aromatic heterocycles. The lowest BCUT2D eigenvalue weighted by molar-refractivity contribution is 0.547. The van der Waals surface area contributed by atoms with Crippen LogP contribution in [0.4, 0.5) is 0 Å². The zero-order valence-corrected chi connectivity index (χ0v) is 32.1. The van der Waals surface area contributed by atoms with E-state index in [9.17, 15) is 5.26 Å². The number of nitrogens with zero attached hydrogens (tertiary/aromatic N) is 3. The zero-order chi connectivity index (χ0) is 39.0. The highest BCUT2D eigenvalue weighted by Gasteiger charge is 2.22. The molecular formula is C55H35N3O. The standard InChI is InChI=1S/C55H35N3O/c56-34-35-12-7-13-37(32-35)38-14-8-15-40(33-38)58-49-24-4-1-16-42(49)45-21-10-22-46(54(45)58)44-20-11-26-51-53(44)48-18-2-5-25-50(48)57(51)39-30-28-36(29-31-39)41-19-9-23-47-43-17-3-6-27-52(43)59-55(41)47/h1-5,7-26,28-33H,6,27H2. The largest absolute Gasteiger partial charge is 0.460 e. The van der Waals surface area contributed by atoms with Gasteiger partial charge in [0.15, 0.2) is 0 Å². The summed E-state index contributed by atoms with van der Waals surface area (Å²) in [7, 11) is 0. The van der Waals surface area contributed by atoms with E-state index >= 15 is 0 Å². The number of rotatable bonds is 5. The van der Waals surface area contributed by atoms with Gasteiger partial charge in [-0.15, -0.1) is 0 Å². The number of nitriles is 1. The van der Waals surface area contributed by atoms with E-state index in [1.54, 1.807) is 0 Å². The fourth-order valence-corrected chi connectivity index (χ4v) is 9.61. The first-order valence-corrected chi connectivity index (χ1v) is 20.2. The second-order valence-electron chi connectivity index (χ2n) is 15.5. The monoisotopic (exact) mass is 753 g/mol. The number of aromatic nitrogens is 2. The van der Waals surface area contributed by atoms with Gasteiger partial charge in [-0.2, -0.15) is 5.26 Å². The topological polar surface area (TPSA) is 46.8 Å². The number of para-hydroxylation sites is 4. The van der Waals surface area contributed by atoms with E-state index in [1.165, 1.54) is 43.6 Å². The second kappa shape index (κ2) is 13.1. The highest BCUT2D eigenvalue weighted by atomic mass is 16.3. The maximum atomic E-state index is 9.65. The van der Waals surface area contributed by atoms with Crippen molar-refractivity contribution in [2.45, 2.75) is 12.8 Å². The molecule has 4 nitrogen and oxygen atoms in total. The number of allylic oxidation sites excluding steroid dienone is 1. The van der Waals surface area contributed by atoms with Crippen LogP contribution in [0.1, 0.15) is 23.3 Å². The van der Waals surface area contributed by atoms with Crippen LogP contribution in [0.25, 0.3) is 105 Å². The number of fused-ring (bicyclic) bond motifs is 9. The van der Waals surface area contributed by atoms with Gasteiger partial charge in [0.1, 0.15) is 11.3 Å². The Morgan fingerprint density at radius 2 is 1.15 bits per heavy atom. The molecule has 276 valence electrons. The fraction of sp³-hybridized carbons (Fsp3) is 0.0364. The Bertz CT molecular complexity index is 3570. The molecule has 8 aromatic carbocycles. The lowest BCUT2D eigenvalue weighted by Crippen LogP contribution is -1.96. The Labute approximate surface area is 340 Å². The summed E-state index contributed by atoms with van der Waals surface area (Å²) in [6.07, 6.45) is 6.42. The van der Waals surface area contributed by atoms with Gasteiger partial charge >= 0.3 is 0 Å². The summed E-state index contributed by atoms with van der Waals surface area (Å²) in [5.74, 6) is 1.08. The van der Waals surface area contributed by atoms with Crippen LogP contribution in [0.3, 0.4) is 0 Å². The maximum absolute atomic E-state index is 9.65. The minimum absolute atomic E-state index is 0.651. The Morgan fingerprint density at radius 3 is 2.00 bits per heavy atom. The second-order valence-corrected chi connectivity index (χ2v) is 15.5. The van der Waals surface area contributed by atoms with Gasteiger partial charge in [-0.3, -0.25) is 0 Å². The normalized spacial score (nSPS) is 12.5. The molecule has 0 spiro atoms. The molecule has 11 aromatic rings. The molecule has 0 unspecified atom stereocenters. The minimum Gasteiger partial charge on any atom is -0.460 e. The first kappa shape index (κ1) is 33.3. The molecule has 59 heavy (non-hydrogen) atoms. The summed E-state index contributed by atoms with van der Waals surface area (Å²) < 4.78 is 11.3. The van der Waals surface area contributed by atoms with Crippen LogP contribution in [0.2, 0.25) is 0 Å². The SMILES string of the molecule is N#Cc1cccc(-c2cccc(-n3c4ccccc4c4cccc(-c5cccc6c5c5ccccc5n6-c5ccc(-c6cccc7c8c(oc67)CCC=C8)cc5)c43)c2)c1. The van der Waals surface area contributed by atoms with Crippen LogP contribution in [0.5, 0.6) is 0 Å². The van der Waals surface area contributed by atoms with Gasteiger partial charge in [-0.1, -0.05) is 133 Å². The Balaban J connectivity index is 1.05. The van der Waals surface area contributed by atoms with E-state index in [0.717, 1.165) is 79.9 Å². The molecular weight excluding hydrogens is 719 g/mol. The predicted molar refractivity (Wildman–Crippen MR) is 243 cm³/mol. The minimum atomic E-state index is 0.651. The van der Waals surface area contributed by atoms with Crippen molar-refractivity contribution in [2.75, 3.05) is 0 Å². The molecule has 0 amide bonds. The highest BCUT2D eigenvalue weighted by molar-refractivity contribution is 6.20. The van der Waals surface area contributed by atoms with Crippen LogP contribution >= 0.6 is 0 Å². The molecule has 0 bridgehead atoms. The Hall–Kier alpha value is -7.87. The van der Waals surface area contributed by atoms with E-state index in [4.69, 9.17) is 4.42 Å². The lowest BCUT2D eigenvalue weighted by Gasteiger charge is -2.14. The summed E-state index contributed by atoms with van der Waals surface area (Å²) in [4.78, 5) is 0. The van der Waals surface area contributed by atoms with E-state index in [2.05, 4.69) is 185 Å². The average molecular weight is 754 g/mol. The van der Waals surface area contributed by atoms with Gasteiger partial charge in [0.05, 0.1) is 33.7 Å². The van der Waals surface area contributed by atoms with Crippen molar-refractivity contribution in [3.63, 3.8) is 0 Å². The van der Waals surface area contributed by atoms with Crippen LogP contribution in [0, 0.1) is 11.3 Å². The van der Waals surface area contributed by atoms with Gasteiger partial charge in [-0.05, 0) is 83.3 Å². The number of furan rings is 1. The van der Waals surface area contributed by atoms with Crippen LogP contribution in [-0.4, -0.2) is 9.13 Å². The quantitative estimate of drug-likeness (QED) is 0.176. The van der Waals surface area contributed by atoms with Gasteiger partial charge in [0.25, 0.3) is 0 Å². The molecule has 0 radical (unpaired) electrons. The molecule has 0 fully saturated rings. The summed E-state index contributed by atoms with van der Waals surface area (Å²) in [5, 5.41) is 15.7. The molecule has 0 atom stereocenters. The zero-order valence-electron chi connectivity index (χ0n) is 32.1. The molecule has 12 rings (SSSR count). The lowest BCUT2D eigenvalue weighted by atomic mass is 9.97. The van der Waals surface area contributed by atoms with Crippen molar-refractivity contribution in [3.05, 3.63) is 199 Å². The van der Waals surface area contributed by atoms with Crippen molar-refractivity contribution >= 4 is 60.7 Å². The average Bonchev–Trinajstić information content (AvgIpc) is 3.97. The van der Waals surface area contributed by atoms with Gasteiger partial charge in [0.2, 0.25) is 0 Å². The fourth-order valence-electron chi connectivity index (χ4n) is 9.61. The van der Waals surface area contributed by atoms with Crippen molar-refractivity contribution in [2.24, 2.45) is 0 Å². The highest BCUT2D eigenvalue weighted by Crippen LogP contribution is 2.44. The molecule has 0 N–H and O–H groups in total. The summed E-state index contributed by atoms with van der Waals surface area (Å²) in [5.41, 5.74) is 16.3. The van der Waals surface area contributed by atoms with E-state index in [1.807, 2.05) is 18.2 Å². The summed E-state index contributed by atoms with van der Waals surface area (Å²) in [6.45, 7) is 0. The predicted octanol–water partition coefficient (Wildman–Crippen LogP) is 14.5. The molecule has 1 aliphatic carbocycles. The van der Waals surface area contributed by atoms with Gasteiger partial charge in [0, 0.05) is 61.4 Å². The smallest absolute Gasteiger partial charge is 0.142 e. The Morgan fingerprint density at radius 1 is 0.492 bits per heavy atom. The van der Waals surface area contributed by atoms with Crippen LogP contribution < -0.4 is 0 Å². The number of hydrogen-bond donors (Lipinski definition) is 0. The van der Waals surface area contributed by atoms with Crippen molar-refractivity contribution in [1.82, 2.24) is 9.13 Å². The molecule has 3 heterocycles. The number of benzene rings is 8. The molecule has 1 aliphatic rings. The molecule has 0 saturated carbocycles. The first-order chi connectivity index (χ1) is 29.2.